The lowest BCUT2D eigenvalue weighted by atomic mass is 10.3. The molecule has 0 saturated carbocycles. The minimum atomic E-state index is 0.794. The van der Waals surface area contributed by atoms with Crippen LogP contribution in [0.5, 0.6) is 0 Å². The maximum absolute atomic E-state index is 4.07. The molecule has 0 aromatic carbocycles. The third-order valence-electron chi connectivity index (χ3n) is 1.40. The van der Waals surface area contributed by atoms with Crippen LogP contribution in [0.25, 0.3) is 0 Å². The molecule has 0 bridgehead atoms. The Morgan fingerprint density at radius 1 is 1.82 bits per heavy atom. The molecule has 0 aliphatic carbocycles. The summed E-state index contributed by atoms with van der Waals surface area (Å²) in [4.78, 5) is 4.04. The molecule has 11 heavy (non-hydrogen) atoms. The average Bonchev–Trinajstić information content (AvgIpc) is 2.34. The van der Waals surface area contributed by atoms with Crippen LogP contribution in [0.3, 0.4) is 0 Å². The third-order valence-corrected chi connectivity index (χ3v) is 1.40. The largest absolute Gasteiger partial charge is 0.248 e. The average molecular weight is 149 g/mol. The number of hydrogen-bond donors (Lipinski definition) is 0. The van der Waals surface area contributed by atoms with Gasteiger partial charge in [0.25, 0.3) is 0 Å². The van der Waals surface area contributed by atoms with Crippen molar-refractivity contribution in [3.05, 3.63) is 24.9 Å². The Morgan fingerprint density at radius 3 is 3.09 bits per heavy atom. The molecule has 3 heteroatoms. The third kappa shape index (κ3) is 1.37. The van der Waals surface area contributed by atoms with Gasteiger partial charge in [0.1, 0.15) is 0 Å². The summed E-state index contributed by atoms with van der Waals surface area (Å²) in [7, 11) is 0. The maximum Gasteiger partial charge on any atom is 0.157 e. The van der Waals surface area contributed by atoms with Gasteiger partial charge >= 0.3 is 0 Å². The van der Waals surface area contributed by atoms with E-state index in [2.05, 4.69) is 23.3 Å². The van der Waals surface area contributed by atoms with Crippen LogP contribution in [0.1, 0.15) is 6.92 Å². The monoisotopic (exact) mass is 149 g/mol. The normalized spacial score (nSPS) is 19.9. The number of hydrogen-bond acceptors (Lipinski definition) is 2. The topological polar surface area (TPSA) is 28.0 Å². The molecule has 0 amide bonds. The number of amidine groups is 1. The summed E-state index contributed by atoms with van der Waals surface area (Å²) in [6.07, 6.45) is 3.20. The van der Waals surface area contributed by atoms with Gasteiger partial charge in [0.2, 0.25) is 0 Å². The van der Waals surface area contributed by atoms with Crippen LogP contribution in [0, 0.1) is 0 Å². The molecular weight excluding hydrogens is 138 g/mol. The minimum Gasteiger partial charge on any atom is -0.248 e. The van der Waals surface area contributed by atoms with E-state index in [1.54, 1.807) is 11.2 Å². The van der Waals surface area contributed by atoms with Crippen LogP contribution < -0.4 is 0 Å². The summed E-state index contributed by atoms with van der Waals surface area (Å²) in [5.74, 6) is 0.794. The molecule has 0 atom stereocenters. The first-order chi connectivity index (χ1) is 5.29. The second-order valence-electron chi connectivity index (χ2n) is 2.12. The molecule has 1 aliphatic heterocycles. The minimum absolute atomic E-state index is 0.794. The summed E-state index contributed by atoms with van der Waals surface area (Å²) in [5, 5.41) is 5.85. The van der Waals surface area contributed by atoms with Crippen molar-refractivity contribution in [3.63, 3.8) is 0 Å². The van der Waals surface area contributed by atoms with Gasteiger partial charge < -0.3 is 0 Å². The lowest BCUT2D eigenvalue weighted by molar-refractivity contribution is 0.484. The molecular formula is C8H11N3. The molecule has 0 spiro atoms. The van der Waals surface area contributed by atoms with Crippen LogP contribution in [0.2, 0.25) is 0 Å². The zero-order valence-electron chi connectivity index (χ0n) is 6.62. The van der Waals surface area contributed by atoms with Gasteiger partial charge in [-0.1, -0.05) is 13.2 Å². The van der Waals surface area contributed by atoms with Gasteiger partial charge in [0.15, 0.2) is 5.84 Å². The fourth-order valence-electron chi connectivity index (χ4n) is 0.885. The van der Waals surface area contributed by atoms with Gasteiger partial charge in [0.05, 0.1) is 6.21 Å². The highest BCUT2D eigenvalue weighted by Crippen LogP contribution is 2.08. The van der Waals surface area contributed by atoms with E-state index in [1.807, 2.05) is 6.92 Å². The SMILES string of the molecule is C=C/N=C1\C(=C)C=NN1CC. The molecule has 1 rings (SSSR count). The van der Waals surface area contributed by atoms with E-state index in [0.29, 0.717) is 0 Å². The van der Waals surface area contributed by atoms with Gasteiger partial charge in [-0.15, -0.1) is 0 Å². The Hall–Kier alpha value is -1.38. The zero-order valence-corrected chi connectivity index (χ0v) is 6.62. The van der Waals surface area contributed by atoms with E-state index in [1.165, 1.54) is 6.20 Å². The van der Waals surface area contributed by atoms with Crippen molar-refractivity contribution in [2.24, 2.45) is 10.1 Å². The van der Waals surface area contributed by atoms with E-state index in [0.717, 1.165) is 18.0 Å². The Kier molecular flexibility index (Phi) is 2.21. The Labute approximate surface area is 66.4 Å². The van der Waals surface area contributed by atoms with Gasteiger partial charge in [-0.05, 0) is 6.92 Å². The maximum atomic E-state index is 4.07. The summed E-state index contributed by atoms with van der Waals surface area (Å²) in [6, 6.07) is 0. The van der Waals surface area contributed by atoms with E-state index >= 15 is 0 Å². The van der Waals surface area contributed by atoms with Crippen molar-refractivity contribution in [3.8, 4) is 0 Å². The fraction of sp³-hybridized carbons (Fsp3) is 0.250. The Morgan fingerprint density at radius 2 is 2.55 bits per heavy atom. The molecule has 1 heterocycles. The first-order valence-electron chi connectivity index (χ1n) is 3.49. The van der Waals surface area contributed by atoms with Gasteiger partial charge in [0, 0.05) is 18.3 Å². The predicted molar refractivity (Wildman–Crippen MR) is 47.6 cm³/mol. The van der Waals surface area contributed by atoms with Crippen molar-refractivity contribution in [1.82, 2.24) is 5.01 Å². The highest BCUT2D eigenvalue weighted by molar-refractivity contribution is 6.17. The second kappa shape index (κ2) is 3.14. The number of aliphatic imine (C=N–C) groups is 1. The van der Waals surface area contributed by atoms with Crippen molar-refractivity contribution in [2.45, 2.75) is 6.92 Å². The van der Waals surface area contributed by atoms with Crippen LogP contribution >= 0.6 is 0 Å². The molecule has 3 nitrogen and oxygen atoms in total. The van der Waals surface area contributed by atoms with Crippen molar-refractivity contribution < 1.29 is 0 Å². The number of likely N-dealkylation sites (N-methyl/N-ethyl adjacent to an activating group) is 1. The molecule has 0 unspecified atom stereocenters. The Bertz CT molecular complexity index is 238. The first-order valence-corrected chi connectivity index (χ1v) is 3.49. The van der Waals surface area contributed by atoms with Crippen molar-refractivity contribution in [2.75, 3.05) is 6.54 Å². The lowest BCUT2D eigenvalue weighted by Gasteiger charge is -2.10. The zero-order chi connectivity index (χ0) is 8.27. The summed E-state index contributed by atoms with van der Waals surface area (Å²) < 4.78 is 0. The van der Waals surface area contributed by atoms with Gasteiger partial charge in [-0.25, -0.2) is 10.0 Å². The summed E-state index contributed by atoms with van der Waals surface area (Å²) in [5.41, 5.74) is 0.840. The number of nitrogens with zero attached hydrogens (tertiary/aromatic N) is 3. The smallest absolute Gasteiger partial charge is 0.157 e. The van der Waals surface area contributed by atoms with E-state index in [4.69, 9.17) is 0 Å². The molecule has 0 fully saturated rings. The van der Waals surface area contributed by atoms with Gasteiger partial charge in [-0.2, -0.15) is 5.10 Å². The van der Waals surface area contributed by atoms with Crippen LogP contribution in [0.15, 0.2) is 35.0 Å². The second-order valence-corrected chi connectivity index (χ2v) is 2.12. The first kappa shape index (κ1) is 7.72. The lowest BCUT2D eigenvalue weighted by Crippen LogP contribution is -2.21. The van der Waals surface area contributed by atoms with E-state index in [9.17, 15) is 0 Å². The van der Waals surface area contributed by atoms with Crippen molar-refractivity contribution >= 4 is 12.1 Å². The highest BCUT2D eigenvalue weighted by atomic mass is 15.5. The fourth-order valence-corrected chi connectivity index (χ4v) is 0.885. The van der Waals surface area contributed by atoms with E-state index < -0.39 is 0 Å². The summed E-state index contributed by atoms with van der Waals surface area (Å²) >= 11 is 0. The molecule has 0 aromatic heterocycles. The van der Waals surface area contributed by atoms with Gasteiger partial charge in [-0.3, -0.25) is 0 Å². The highest BCUT2D eigenvalue weighted by Gasteiger charge is 2.15. The van der Waals surface area contributed by atoms with E-state index in [-0.39, 0.29) is 0 Å². The standard InChI is InChI=1S/C8H11N3/c1-4-9-8-7(3)6-10-11(8)5-2/h4,6H,1,3,5H2,2H3/b9-8+. The van der Waals surface area contributed by atoms with Crippen LogP contribution in [-0.2, 0) is 0 Å². The molecule has 0 radical (unpaired) electrons. The quantitative estimate of drug-likeness (QED) is 0.583. The molecule has 58 valence electrons. The molecule has 1 aliphatic rings. The van der Waals surface area contributed by atoms with Crippen LogP contribution in [-0.4, -0.2) is 23.6 Å². The number of hydrazone groups is 1. The molecule has 0 aromatic rings. The van der Waals surface area contributed by atoms with Crippen molar-refractivity contribution in [1.29, 1.82) is 0 Å². The van der Waals surface area contributed by atoms with Crippen LogP contribution in [0.4, 0.5) is 0 Å². The molecule has 0 saturated heterocycles. The molecule has 0 N–H and O–H groups in total. The predicted octanol–water partition coefficient (Wildman–Crippen LogP) is 1.41. The summed E-state index contributed by atoms with van der Waals surface area (Å²) in [6.45, 7) is 10.1. The number of rotatable bonds is 2. The Balaban J connectivity index is 2.85.